The zero-order valence-corrected chi connectivity index (χ0v) is 12.0. The Morgan fingerprint density at radius 3 is 2.58 bits per heavy atom. The molecular weight excluding hydrogens is 264 g/mol. The van der Waals surface area contributed by atoms with E-state index in [1.807, 2.05) is 13.0 Å². The maximum atomic E-state index is 11.6. The topological polar surface area (TPSA) is 86.1 Å². The van der Waals surface area contributed by atoms with Crippen molar-refractivity contribution in [2.45, 2.75) is 13.5 Å². The van der Waals surface area contributed by atoms with Crippen LogP contribution in [0.3, 0.4) is 0 Å². The summed E-state index contributed by atoms with van der Waals surface area (Å²) in [5, 5.41) is 3.49. The van der Waals surface area contributed by atoms with Crippen LogP contribution in [0.4, 0.5) is 5.69 Å². The summed E-state index contributed by atoms with van der Waals surface area (Å²) in [6.07, 6.45) is 1.13. The van der Waals surface area contributed by atoms with Crippen LogP contribution in [-0.2, 0) is 16.6 Å². The maximum absolute atomic E-state index is 11.6. The first-order chi connectivity index (χ1) is 8.75. The van der Waals surface area contributed by atoms with Crippen LogP contribution in [0, 0.1) is 0 Å². The van der Waals surface area contributed by atoms with Gasteiger partial charge in [0.1, 0.15) is 0 Å². The van der Waals surface area contributed by atoms with E-state index >= 15 is 0 Å². The fraction of sp³-hybridized carbons (Fsp3) is 0.333. The van der Waals surface area contributed by atoms with Gasteiger partial charge in [0.2, 0.25) is 10.0 Å². The van der Waals surface area contributed by atoms with Gasteiger partial charge in [0.15, 0.2) is 0 Å². The van der Waals surface area contributed by atoms with Gasteiger partial charge in [-0.15, -0.1) is 0 Å². The third-order valence-corrected chi connectivity index (χ3v) is 3.85. The van der Waals surface area contributed by atoms with E-state index in [4.69, 9.17) is 5.53 Å². The molecule has 102 valence electrons. The zero-order valence-electron chi connectivity index (χ0n) is 11.2. The summed E-state index contributed by atoms with van der Waals surface area (Å²) in [4.78, 5) is 2.70. The van der Waals surface area contributed by atoms with Crippen molar-refractivity contribution in [3.05, 3.63) is 46.3 Å². The number of hydrogen-bond acceptors (Lipinski definition) is 3. The van der Waals surface area contributed by atoms with E-state index in [1.54, 1.807) is 12.1 Å². The molecule has 0 bridgehead atoms. The molecule has 1 rings (SSSR count). The van der Waals surface area contributed by atoms with Gasteiger partial charge in [-0.25, -0.2) is 8.42 Å². The van der Waals surface area contributed by atoms with Gasteiger partial charge in [0, 0.05) is 12.0 Å². The first-order valence-electron chi connectivity index (χ1n) is 5.50. The van der Waals surface area contributed by atoms with Crippen molar-refractivity contribution in [3.8, 4) is 0 Å². The summed E-state index contributed by atoms with van der Waals surface area (Å²) in [5.74, 6) is 0. The molecule has 7 heteroatoms. The average Bonchev–Trinajstić information content (AvgIpc) is 2.33. The quantitative estimate of drug-likeness (QED) is 0.471. The van der Waals surface area contributed by atoms with Crippen molar-refractivity contribution < 1.29 is 8.42 Å². The van der Waals surface area contributed by atoms with Gasteiger partial charge >= 0.3 is 0 Å². The third-order valence-electron chi connectivity index (χ3n) is 2.65. The van der Waals surface area contributed by atoms with Crippen LogP contribution in [-0.4, -0.2) is 21.7 Å². The standard InChI is InChI=1S/C12H16N4O2S/c1-9(2)11-5-10(8-14-15-13)6-12(7-11)16(3)19(4,17)18/h5-7H,1,8H2,2-4H3. The SMILES string of the molecule is C=C(C)c1cc(CN=[N+]=[N-])cc(N(C)S(C)(=O)=O)c1. The summed E-state index contributed by atoms with van der Waals surface area (Å²) in [7, 11) is -1.86. The Kier molecular flexibility index (Phi) is 4.58. The Morgan fingerprint density at radius 2 is 2.11 bits per heavy atom. The molecular formula is C12H16N4O2S. The highest BCUT2D eigenvalue weighted by Gasteiger charge is 2.13. The van der Waals surface area contributed by atoms with Gasteiger partial charge in [-0.3, -0.25) is 4.31 Å². The number of azide groups is 1. The highest BCUT2D eigenvalue weighted by Crippen LogP contribution is 2.24. The number of rotatable bonds is 5. The van der Waals surface area contributed by atoms with E-state index in [1.165, 1.54) is 11.4 Å². The molecule has 0 heterocycles. The summed E-state index contributed by atoms with van der Waals surface area (Å²) < 4.78 is 24.3. The van der Waals surface area contributed by atoms with Crippen LogP contribution >= 0.6 is 0 Å². The summed E-state index contributed by atoms with van der Waals surface area (Å²) in [6, 6.07) is 5.25. The molecule has 0 unspecified atom stereocenters. The predicted molar refractivity (Wildman–Crippen MR) is 77.2 cm³/mol. The summed E-state index contributed by atoms with van der Waals surface area (Å²) in [5.41, 5.74) is 11.2. The van der Waals surface area contributed by atoms with E-state index in [0.29, 0.717) is 5.69 Å². The minimum atomic E-state index is -3.34. The van der Waals surface area contributed by atoms with Crippen molar-refractivity contribution in [2.24, 2.45) is 5.11 Å². The molecule has 0 radical (unpaired) electrons. The summed E-state index contributed by atoms with van der Waals surface area (Å²) >= 11 is 0. The highest BCUT2D eigenvalue weighted by atomic mass is 32.2. The fourth-order valence-corrected chi connectivity index (χ4v) is 1.99. The van der Waals surface area contributed by atoms with E-state index < -0.39 is 10.0 Å². The molecule has 0 saturated carbocycles. The second-order valence-electron chi connectivity index (χ2n) is 4.29. The van der Waals surface area contributed by atoms with Crippen LogP contribution in [0.1, 0.15) is 18.1 Å². The van der Waals surface area contributed by atoms with Gasteiger partial charge in [-0.05, 0) is 35.7 Å². The van der Waals surface area contributed by atoms with Crippen molar-refractivity contribution >= 4 is 21.3 Å². The Morgan fingerprint density at radius 1 is 1.47 bits per heavy atom. The monoisotopic (exact) mass is 280 g/mol. The van der Waals surface area contributed by atoms with E-state index in [9.17, 15) is 8.42 Å². The second-order valence-corrected chi connectivity index (χ2v) is 6.30. The number of allylic oxidation sites excluding steroid dienone is 1. The van der Waals surface area contributed by atoms with E-state index in [0.717, 1.165) is 23.0 Å². The minimum Gasteiger partial charge on any atom is -0.274 e. The lowest BCUT2D eigenvalue weighted by Crippen LogP contribution is -2.25. The normalized spacial score (nSPS) is 10.7. The first-order valence-corrected chi connectivity index (χ1v) is 7.35. The van der Waals surface area contributed by atoms with Crippen molar-refractivity contribution in [1.82, 2.24) is 0 Å². The molecule has 0 atom stereocenters. The third kappa shape index (κ3) is 4.01. The summed E-state index contributed by atoms with van der Waals surface area (Å²) in [6.45, 7) is 5.84. The van der Waals surface area contributed by atoms with Gasteiger partial charge in [-0.1, -0.05) is 23.3 Å². The van der Waals surface area contributed by atoms with Crippen LogP contribution in [0.5, 0.6) is 0 Å². The Balaban J connectivity index is 3.35. The van der Waals surface area contributed by atoms with Gasteiger partial charge in [0.25, 0.3) is 0 Å². The van der Waals surface area contributed by atoms with E-state index in [2.05, 4.69) is 16.6 Å². The molecule has 0 aliphatic rings. The maximum Gasteiger partial charge on any atom is 0.231 e. The molecule has 1 aromatic rings. The number of benzene rings is 1. The smallest absolute Gasteiger partial charge is 0.231 e. The van der Waals surface area contributed by atoms with E-state index in [-0.39, 0.29) is 6.54 Å². The van der Waals surface area contributed by atoms with Gasteiger partial charge < -0.3 is 0 Å². The molecule has 1 aromatic carbocycles. The number of nitrogens with zero attached hydrogens (tertiary/aromatic N) is 4. The number of hydrogen-bond donors (Lipinski definition) is 0. The van der Waals surface area contributed by atoms with Crippen molar-refractivity contribution in [1.29, 1.82) is 0 Å². The lowest BCUT2D eigenvalue weighted by molar-refractivity contribution is 0.600. The number of sulfonamides is 1. The van der Waals surface area contributed by atoms with Crippen molar-refractivity contribution in [2.75, 3.05) is 17.6 Å². The van der Waals surface area contributed by atoms with Crippen LogP contribution < -0.4 is 4.31 Å². The Hall–Kier alpha value is -1.98. The van der Waals surface area contributed by atoms with Crippen molar-refractivity contribution in [3.63, 3.8) is 0 Å². The van der Waals surface area contributed by atoms with Crippen LogP contribution in [0.25, 0.3) is 16.0 Å². The molecule has 0 aromatic heterocycles. The first kappa shape index (κ1) is 15.1. The van der Waals surface area contributed by atoms with Crippen LogP contribution in [0.15, 0.2) is 29.9 Å². The molecule has 0 aliphatic heterocycles. The molecule has 0 aliphatic carbocycles. The fourth-order valence-electron chi connectivity index (χ4n) is 1.50. The largest absolute Gasteiger partial charge is 0.274 e. The lowest BCUT2D eigenvalue weighted by Gasteiger charge is -2.18. The highest BCUT2D eigenvalue weighted by molar-refractivity contribution is 7.92. The minimum absolute atomic E-state index is 0.169. The lowest BCUT2D eigenvalue weighted by atomic mass is 10.0. The Bertz CT molecular complexity index is 646. The molecule has 0 fully saturated rings. The zero-order chi connectivity index (χ0) is 14.6. The van der Waals surface area contributed by atoms with Gasteiger partial charge in [0.05, 0.1) is 18.5 Å². The predicted octanol–water partition coefficient (Wildman–Crippen LogP) is 2.93. The molecule has 0 saturated heterocycles. The Labute approximate surface area is 113 Å². The molecule has 6 nitrogen and oxygen atoms in total. The van der Waals surface area contributed by atoms with Gasteiger partial charge in [-0.2, -0.15) is 0 Å². The second kappa shape index (κ2) is 5.77. The molecule has 0 amide bonds. The molecule has 0 spiro atoms. The molecule has 19 heavy (non-hydrogen) atoms. The van der Waals surface area contributed by atoms with Crippen LogP contribution in [0.2, 0.25) is 0 Å². The number of anilines is 1. The average molecular weight is 280 g/mol. The molecule has 0 N–H and O–H groups in total.